The normalized spacial score (nSPS) is 15.8. The summed E-state index contributed by atoms with van der Waals surface area (Å²) in [5.41, 5.74) is 5.34. The van der Waals surface area contributed by atoms with Crippen LogP contribution in [-0.4, -0.2) is 36.0 Å². The fraction of sp³-hybridized carbons (Fsp3) is 0.818. The molecule has 98 valence electrons. The third kappa shape index (κ3) is 6.53. The van der Waals surface area contributed by atoms with E-state index in [0.717, 1.165) is 37.9 Å². The number of urea groups is 1. The molecule has 1 saturated carbocycles. The topological polar surface area (TPSA) is 84.2 Å². The van der Waals surface area contributed by atoms with E-state index in [1.807, 2.05) is 0 Å². The van der Waals surface area contributed by atoms with Crippen molar-refractivity contribution < 1.29 is 9.59 Å². The van der Waals surface area contributed by atoms with Gasteiger partial charge in [0.25, 0.3) is 0 Å². The molecule has 0 saturated heterocycles. The Morgan fingerprint density at radius 2 is 2.00 bits per heavy atom. The molecule has 1 rings (SSSR count). The van der Waals surface area contributed by atoms with Crippen molar-refractivity contribution >= 4 is 23.7 Å². The number of thioether (sulfide) groups is 1. The number of nitrogens with two attached hydrogens (primary N) is 1. The second-order valence-corrected chi connectivity index (χ2v) is 5.30. The Bertz CT molecular complexity index is 255. The number of carbonyl (C=O) groups is 2. The Labute approximate surface area is 106 Å². The van der Waals surface area contributed by atoms with E-state index in [1.54, 1.807) is 0 Å². The maximum atomic E-state index is 11.4. The van der Waals surface area contributed by atoms with E-state index in [1.165, 1.54) is 11.8 Å². The minimum atomic E-state index is -0.360. The third-order valence-electron chi connectivity index (χ3n) is 2.67. The van der Waals surface area contributed by atoms with E-state index in [9.17, 15) is 9.59 Å². The molecule has 17 heavy (non-hydrogen) atoms. The van der Waals surface area contributed by atoms with Crippen LogP contribution in [0.4, 0.5) is 4.79 Å². The SMILES string of the molecule is NCCCSCC(=O)NC(=O)NC1CCCC1. The van der Waals surface area contributed by atoms with Crippen LogP contribution >= 0.6 is 11.8 Å². The fourth-order valence-corrected chi connectivity index (χ4v) is 2.58. The highest BCUT2D eigenvalue weighted by molar-refractivity contribution is 7.99. The Kier molecular flexibility index (Phi) is 7.04. The lowest BCUT2D eigenvalue weighted by molar-refractivity contribution is -0.117. The molecule has 1 fully saturated rings. The van der Waals surface area contributed by atoms with Crippen molar-refractivity contribution in [2.45, 2.75) is 38.1 Å². The highest BCUT2D eigenvalue weighted by atomic mass is 32.2. The minimum absolute atomic E-state index is 0.234. The first-order valence-electron chi connectivity index (χ1n) is 6.10. The van der Waals surface area contributed by atoms with Gasteiger partial charge in [-0.15, -0.1) is 0 Å². The maximum absolute atomic E-state index is 11.4. The summed E-state index contributed by atoms with van der Waals surface area (Å²) in [6.45, 7) is 0.636. The monoisotopic (exact) mass is 259 g/mol. The molecule has 4 N–H and O–H groups in total. The highest BCUT2D eigenvalue weighted by Gasteiger charge is 2.17. The zero-order chi connectivity index (χ0) is 12.5. The lowest BCUT2D eigenvalue weighted by atomic mass is 10.2. The predicted molar refractivity (Wildman–Crippen MR) is 69.9 cm³/mol. The summed E-state index contributed by atoms with van der Waals surface area (Å²) in [5.74, 6) is 0.939. The molecule has 0 aromatic rings. The van der Waals surface area contributed by atoms with Gasteiger partial charge in [-0.1, -0.05) is 12.8 Å². The Morgan fingerprint density at radius 3 is 2.65 bits per heavy atom. The summed E-state index contributed by atoms with van der Waals surface area (Å²) < 4.78 is 0. The summed E-state index contributed by atoms with van der Waals surface area (Å²) in [6, 6.07) is -0.117. The second kappa shape index (κ2) is 8.36. The average molecular weight is 259 g/mol. The molecule has 0 aliphatic heterocycles. The van der Waals surface area contributed by atoms with Crippen molar-refractivity contribution in [1.82, 2.24) is 10.6 Å². The Balaban J connectivity index is 2.06. The number of nitrogens with one attached hydrogen (secondary N) is 2. The van der Waals surface area contributed by atoms with Gasteiger partial charge in [0.1, 0.15) is 0 Å². The number of rotatable bonds is 6. The van der Waals surface area contributed by atoms with Crippen LogP contribution in [0.15, 0.2) is 0 Å². The van der Waals surface area contributed by atoms with Crippen LogP contribution in [0.5, 0.6) is 0 Å². The van der Waals surface area contributed by atoms with E-state index in [0.29, 0.717) is 12.3 Å². The molecular formula is C11H21N3O2S. The first-order chi connectivity index (χ1) is 8.22. The molecule has 0 radical (unpaired) electrons. The van der Waals surface area contributed by atoms with Gasteiger partial charge in [-0.05, 0) is 31.6 Å². The molecule has 0 heterocycles. The number of carbonyl (C=O) groups excluding carboxylic acids is 2. The van der Waals surface area contributed by atoms with Crippen LogP contribution < -0.4 is 16.4 Å². The fourth-order valence-electron chi connectivity index (χ4n) is 1.80. The van der Waals surface area contributed by atoms with Crippen LogP contribution in [0, 0.1) is 0 Å². The third-order valence-corrected chi connectivity index (χ3v) is 3.71. The van der Waals surface area contributed by atoms with Gasteiger partial charge < -0.3 is 11.1 Å². The first kappa shape index (κ1) is 14.3. The molecular weight excluding hydrogens is 238 g/mol. The van der Waals surface area contributed by atoms with Crippen molar-refractivity contribution in [3.63, 3.8) is 0 Å². The zero-order valence-electron chi connectivity index (χ0n) is 10.0. The number of imide groups is 1. The van der Waals surface area contributed by atoms with E-state index < -0.39 is 0 Å². The zero-order valence-corrected chi connectivity index (χ0v) is 10.9. The van der Waals surface area contributed by atoms with Gasteiger partial charge in [0.2, 0.25) is 5.91 Å². The maximum Gasteiger partial charge on any atom is 0.321 e. The van der Waals surface area contributed by atoms with Crippen LogP contribution in [0.1, 0.15) is 32.1 Å². The number of hydrogen-bond acceptors (Lipinski definition) is 4. The van der Waals surface area contributed by atoms with Crippen LogP contribution in [0.2, 0.25) is 0 Å². The van der Waals surface area contributed by atoms with Crippen LogP contribution in [-0.2, 0) is 4.79 Å². The van der Waals surface area contributed by atoms with Crippen LogP contribution in [0.3, 0.4) is 0 Å². The summed E-state index contributed by atoms with van der Waals surface area (Å²) in [5, 5.41) is 5.15. The summed E-state index contributed by atoms with van der Waals surface area (Å²) >= 11 is 1.50. The van der Waals surface area contributed by atoms with Gasteiger partial charge >= 0.3 is 6.03 Å². The van der Waals surface area contributed by atoms with Gasteiger partial charge in [-0.2, -0.15) is 11.8 Å². The van der Waals surface area contributed by atoms with Crippen molar-refractivity contribution in [1.29, 1.82) is 0 Å². The minimum Gasteiger partial charge on any atom is -0.335 e. The van der Waals surface area contributed by atoms with Crippen molar-refractivity contribution in [3.8, 4) is 0 Å². The van der Waals surface area contributed by atoms with Gasteiger partial charge in [0.15, 0.2) is 0 Å². The molecule has 3 amide bonds. The molecule has 1 aliphatic carbocycles. The molecule has 1 aliphatic rings. The number of hydrogen-bond donors (Lipinski definition) is 3. The summed E-state index contributed by atoms with van der Waals surface area (Å²) in [7, 11) is 0. The second-order valence-electron chi connectivity index (χ2n) is 4.20. The molecule has 0 aromatic heterocycles. The lowest BCUT2D eigenvalue weighted by Crippen LogP contribution is -2.44. The van der Waals surface area contributed by atoms with E-state index in [-0.39, 0.29) is 18.0 Å². The Morgan fingerprint density at radius 1 is 1.29 bits per heavy atom. The van der Waals surface area contributed by atoms with Crippen LogP contribution in [0.25, 0.3) is 0 Å². The quantitative estimate of drug-likeness (QED) is 0.617. The molecule has 0 atom stereocenters. The van der Waals surface area contributed by atoms with Gasteiger partial charge in [0.05, 0.1) is 5.75 Å². The molecule has 6 heteroatoms. The Hall–Kier alpha value is -0.750. The van der Waals surface area contributed by atoms with Gasteiger partial charge in [-0.3, -0.25) is 10.1 Å². The van der Waals surface area contributed by atoms with Crippen molar-refractivity contribution in [2.24, 2.45) is 5.73 Å². The molecule has 5 nitrogen and oxygen atoms in total. The van der Waals surface area contributed by atoms with E-state index in [2.05, 4.69) is 10.6 Å². The molecule has 0 bridgehead atoms. The standard InChI is InChI=1S/C11H21N3O2S/c12-6-3-7-17-8-10(15)14-11(16)13-9-4-1-2-5-9/h9H,1-8,12H2,(H2,13,14,15,16). The summed E-state index contributed by atoms with van der Waals surface area (Å²) in [4.78, 5) is 22.8. The van der Waals surface area contributed by atoms with Crippen molar-refractivity contribution in [3.05, 3.63) is 0 Å². The van der Waals surface area contributed by atoms with Crippen molar-refractivity contribution in [2.75, 3.05) is 18.1 Å². The van der Waals surface area contributed by atoms with E-state index in [4.69, 9.17) is 5.73 Å². The number of amides is 3. The van der Waals surface area contributed by atoms with Gasteiger partial charge in [-0.25, -0.2) is 4.79 Å². The van der Waals surface area contributed by atoms with E-state index >= 15 is 0 Å². The molecule has 0 aromatic carbocycles. The smallest absolute Gasteiger partial charge is 0.321 e. The lowest BCUT2D eigenvalue weighted by Gasteiger charge is -2.12. The first-order valence-corrected chi connectivity index (χ1v) is 7.26. The molecule has 0 spiro atoms. The molecule has 0 unspecified atom stereocenters. The largest absolute Gasteiger partial charge is 0.335 e. The van der Waals surface area contributed by atoms with Gasteiger partial charge in [0, 0.05) is 6.04 Å². The highest BCUT2D eigenvalue weighted by Crippen LogP contribution is 2.17. The predicted octanol–water partition coefficient (Wildman–Crippen LogP) is 0.837. The average Bonchev–Trinajstić information content (AvgIpc) is 2.77. The summed E-state index contributed by atoms with van der Waals surface area (Å²) in [6.07, 6.45) is 5.26.